The van der Waals surface area contributed by atoms with Crippen LogP contribution in [-0.4, -0.2) is 45.3 Å². The molecule has 0 saturated carbocycles. The second-order valence-corrected chi connectivity index (χ2v) is 8.23. The van der Waals surface area contributed by atoms with Crippen LogP contribution in [0.25, 0.3) is 11.1 Å². The topological polar surface area (TPSA) is 50.1 Å². The average Bonchev–Trinajstić information content (AvgIpc) is 3.06. The molecule has 0 amide bonds. The Morgan fingerprint density at radius 3 is 2.57 bits per heavy atom. The first-order valence-corrected chi connectivity index (χ1v) is 10.5. The average molecular weight is 409 g/mol. The number of benzene rings is 1. The number of rotatable bonds is 5. The fraction of sp³-hybridized carbons (Fsp3) is 0.435. The van der Waals surface area contributed by atoms with E-state index in [0.29, 0.717) is 5.95 Å². The van der Waals surface area contributed by atoms with E-state index in [1.807, 2.05) is 55.3 Å². The third kappa shape index (κ3) is 4.07. The molecule has 30 heavy (non-hydrogen) atoms. The van der Waals surface area contributed by atoms with Gasteiger partial charge in [0.1, 0.15) is 5.82 Å². The van der Waals surface area contributed by atoms with Gasteiger partial charge in [-0.25, -0.2) is 14.4 Å². The standard InChI is InChI=1S/C23H29FN6/c1-16-18(13-26-29(16)4)15-30-12-6-5-7-21(30)22-20(14-25-23(27-22)28(2)3)17-8-10-19(24)11-9-17/h8-11,13-14,21H,5-7,12,15H2,1-4H3/t21-/m0/s1. The fourth-order valence-corrected chi connectivity index (χ4v) is 4.11. The monoisotopic (exact) mass is 408 g/mol. The molecular weight excluding hydrogens is 379 g/mol. The first-order chi connectivity index (χ1) is 14.4. The summed E-state index contributed by atoms with van der Waals surface area (Å²) in [7, 11) is 5.88. The molecule has 0 spiro atoms. The van der Waals surface area contributed by atoms with E-state index in [1.165, 1.54) is 29.8 Å². The largest absolute Gasteiger partial charge is 0.347 e. The summed E-state index contributed by atoms with van der Waals surface area (Å²) in [5, 5.41) is 4.41. The number of nitrogens with zero attached hydrogens (tertiary/aromatic N) is 6. The molecule has 1 saturated heterocycles. The van der Waals surface area contributed by atoms with Crippen molar-refractivity contribution in [3.63, 3.8) is 0 Å². The summed E-state index contributed by atoms with van der Waals surface area (Å²) in [6, 6.07) is 6.80. The number of hydrogen-bond acceptors (Lipinski definition) is 5. The summed E-state index contributed by atoms with van der Waals surface area (Å²) in [6.45, 7) is 3.97. The van der Waals surface area contributed by atoms with E-state index in [9.17, 15) is 4.39 Å². The van der Waals surface area contributed by atoms with Gasteiger partial charge in [0.2, 0.25) is 5.95 Å². The maximum atomic E-state index is 13.5. The van der Waals surface area contributed by atoms with E-state index in [0.717, 1.165) is 42.8 Å². The van der Waals surface area contributed by atoms with Crippen molar-refractivity contribution in [2.75, 3.05) is 25.5 Å². The minimum atomic E-state index is -0.238. The van der Waals surface area contributed by atoms with Gasteiger partial charge >= 0.3 is 0 Å². The van der Waals surface area contributed by atoms with Gasteiger partial charge in [-0.2, -0.15) is 5.10 Å². The SMILES string of the molecule is Cc1c(CN2CCCC[C@H]2c2nc(N(C)C)ncc2-c2ccc(F)cc2)cnn1C. The zero-order valence-corrected chi connectivity index (χ0v) is 18.1. The number of anilines is 1. The fourth-order valence-electron chi connectivity index (χ4n) is 4.11. The summed E-state index contributed by atoms with van der Waals surface area (Å²) >= 11 is 0. The van der Waals surface area contributed by atoms with E-state index in [1.54, 1.807) is 0 Å². The Labute approximate surface area is 177 Å². The van der Waals surface area contributed by atoms with Crippen LogP contribution in [0.3, 0.4) is 0 Å². The number of aromatic nitrogens is 4. The van der Waals surface area contributed by atoms with Crippen molar-refractivity contribution in [1.82, 2.24) is 24.6 Å². The van der Waals surface area contributed by atoms with Gasteiger partial charge in [0.05, 0.1) is 17.9 Å². The van der Waals surface area contributed by atoms with Crippen molar-refractivity contribution in [1.29, 1.82) is 0 Å². The molecule has 0 bridgehead atoms. The third-order valence-electron chi connectivity index (χ3n) is 6.00. The molecule has 158 valence electrons. The summed E-state index contributed by atoms with van der Waals surface area (Å²) in [5.41, 5.74) is 5.37. The smallest absolute Gasteiger partial charge is 0.225 e. The van der Waals surface area contributed by atoms with Crippen molar-refractivity contribution >= 4 is 5.95 Å². The Bertz CT molecular complexity index is 1010. The zero-order valence-electron chi connectivity index (χ0n) is 18.1. The molecule has 3 heterocycles. The lowest BCUT2D eigenvalue weighted by atomic mass is 9.93. The van der Waals surface area contributed by atoms with Crippen LogP contribution in [-0.2, 0) is 13.6 Å². The van der Waals surface area contributed by atoms with Crippen LogP contribution in [0.4, 0.5) is 10.3 Å². The highest BCUT2D eigenvalue weighted by Crippen LogP contribution is 2.37. The van der Waals surface area contributed by atoms with E-state index >= 15 is 0 Å². The number of hydrogen-bond donors (Lipinski definition) is 0. The summed E-state index contributed by atoms with van der Waals surface area (Å²) < 4.78 is 15.4. The third-order valence-corrected chi connectivity index (χ3v) is 6.00. The molecule has 6 nitrogen and oxygen atoms in total. The number of aryl methyl sites for hydroxylation is 1. The molecule has 2 aromatic heterocycles. The molecule has 3 aromatic rings. The highest BCUT2D eigenvalue weighted by molar-refractivity contribution is 5.66. The first kappa shape index (κ1) is 20.5. The van der Waals surface area contributed by atoms with Crippen molar-refractivity contribution < 1.29 is 4.39 Å². The molecule has 7 heteroatoms. The van der Waals surface area contributed by atoms with Crippen molar-refractivity contribution in [2.24, 2.45) is 7.05 Å². The molecule has 1 atom stereocenters. The number of likely N-dealkylation sites (tertiary alicyclic amines) is 1. The lowest BCUT2D eigenvalue weighted by Gasteiger charge is -2.36. The molecule has 4 rings (SSSR count). The maximum Gasteiger partial charge on any atom is 0.225 e. The molecule has 0 aliphatic carbocycles. The molecular formula is C23H29FN6. The Balaban J connectivity index is 1.75. The van der Waals surface area contributed by atoms with Crippen molar-refractivity contribution in [2.45, 2.75) is 38.8 Å². The Morgan fingerprint density at radius 2 is 1.90 bits per heavy atom. The minimum Gasteiger partial charge on any atom is -0.347 e. The van der Waals surface area contributed by atoms with Gasteiger partial charge in [-0.3, -0.25) is 9.58 Å². The lowest BCUT2D eigenvalue weighted by Crippen LogP contribution is -2.34. The molecule has 1 aliphatic heterocycles. The van der Waals surface area contributed by atoms with Crippen LogP contribution in [0, 0.1) is 12.7 Å². The Kier molecular flexibility index (Phi) is 5.81. The van der Waals surface area contributed by atoms with Gasteiger partial charge in [-0.1, -0.05) is 18.6 Å². The van der Waals surface area contributed by atoms with Crippen LogP contribution in [0.15, 0.2) is 36.7 Å². The van der Waals surface area contributed by atoms with Gasteiger partial charge < -0.3 is 4.90 Å². The maximum absolute atomic E-state index is 13.5. The van der Waals surface area contributed by atoms with Gasteiger partial charge in [-0.05, 0) is 44.0 Å². The van der Waals surface area contributed by atoms with E-state index in [4.69, 9.17) is 4.98 Å². The molecule has 1 aromatic carbocycles. The van der Waals surface area contributed by atoms with Crippen LogP contribution in [0.1, 0.15) is 42.3 Å². The van der Waals surface area contributed by atoms with Gasteiger partial charge in [-0.15, -0.1) is 0 Å². The van der Waals surface area contributed by atoms with Crippen molar-refractivity contribution in [3.05, 3.63) is 59.4 Å². The molecule has 0 N–H and O–H groups in total. The molecule has 0 radical (unpaired) electrons. The second kappa shape index (κ2) is 8.52. The first-order valence-electron chi connectivity index (χ1n) is 10.5. The highest BCUT2D eigenvalue weighted by atomic mass is 19.1. The molecule has 1 fully saturated rings. The second-order valence-electron chi connectivity index (χ2n) is 8.23. The van der Waals surface area contributed by atoms with Gasteiger partial charge in [0, 0.05) is 50.7 Å². The lowest BCUT2D eigenvalue weighted by molar-refractivity contribution is 0.137. The Hall–Kier alpha value is -2.80. The van der Waals surface area contributed by atoms with E-state index in [-0.39, 0.29) is 11.9 Å². The molecule has 0 unspecified atom stereocenters. The Morgan fingerprint density at radius 1 is 1.13 bits per heavy atom. The number of halogens is 1. The zero-order chi connectivity index (χ0) is 21.3. The van der Waals surface area contributed by atoms with Crippen LogP contribution >= 0.6 is 0 Å². The predicted molar refractivity (Wildman–Crippen MR) is 117 cm³/mol. The van der Waals surface area contributed by atoms with Gasteiger partial charge in [0.15, 0.2) is 0 Å². The normalized spacial score (nSPS) is 17.3. The highest BCUT2D eigenvalue weighted by Gasteiger charge is 2.29. The van der Waals surface area contributed by atoms with Crippen LogP contribution < -0.4 is 4.90 Å². The quantitative estimate of drug-likeness (QED) is 0.636. The minimum absolute atomic E-state index is 0.181. The van der Waals surface area contributed by atoms with E-state index in [2.05, 4.69) is 21.9 Å². The van der Waals surface area contributed by atoms with Crippen LogP contribution in [0.5, 0.6) is 0 Å². The summed E-state index contributed by atoms with van der Waals surface area (Å²) in [6.07, 6.45) is 7.22. The number of piperidine rings is 1. The molecule has 1 aliphatic rings. The van der Waals surface area contributed by atoms with Gasteiger partial charge in [0.25, 0.3) is 0 Å². The van der Waals surface area contributed by atoms with E-state index < -0.39 is 0 Å². The summed E-state index contributed by atoms with van der Waals surface area (Å²) in [5.74, 6) is 0.455. The van der Waals surface area contributed by atoms with Crippen LogP contribution in [0.2, 0.25) is 0 Å². The predicted octanol–water partition coefficient (Wildman–Crippen LogP) is 4.12. The van der Waals surface area contributed by atoms with Crippen molar-refractivity contribution in [3.8, 4) is 11.1 Å². The summed E-state index contributed by atoms with van der Waals surface area (Å²) in [4.78, 5) is 14.0.